The molecule has 0 aliphatic rings. The summed E-state index contributed by atoms with van der Waals surface area (Å²) in [6.07, 6.45) is 4.40. The Morgan fingerprint density at radius 3 is 2.95 bits per heavy atom. The average Bonchev–Trinajstić information content (AvgIpc) is 2.75. The lowest BCUT2D eigenvalue weighted by Gasteiger charge is -2.05. The van der Waals surface area contributed by atoms with Gasteiger partial charge in [0.2, 0.25) is 0 Å². The number of rotatable bonds is 2. The fourth-order valence-electron chi connectivity index (χ4n) is 2.04. The zero-order valence-electron chi connectivity index (χ0n) is 10.7. The number of hydrogen-bond acceptors (Lipinski definition) is 3. The molecule has 100 valence electrons. The van der Waals surface area contributed by atoms with Gasteiger partial charge >= 0.3 is 0 Å². The minimum atomic E-state index is -0.426. The summed E-state index contributed by atoms with van der Waals surface area (Å²) in [7, 11) is 0. The number of aryl methyl sites for hydroxylation is 1. The first kappa shape index (κ1) is 12.3. The molecule has 0 spiro atoms. The van der Waals surface area contributed by atoms with E-state index in [-0.39, 0.29) is 5.91 Å². The summed E-state index contributed by atoms with van der Waals surface area (Å²) in [5.41, 5.74) is 1.95. The summed E-state index contributed by atoms with van der Waals surface area (Å²) in [4.78, 5) is 20.5. The van der Waals surface area contributed by atoms with Gasteiger partial charge in [-0.2, -0.15) is 0 Å². The lowest BCUT2D eigenvalue weighted by Crippen LogP contribution is -2.15. The van der Waals surface area contributed by atoms with Crippen LogP contribution in [0, 0.1) is 12.7 Å². The van der Waals surface area contributed by atoms with Gasteiger partial charge in [-0.25, -0.2) is 9.37 Å². The second-order valence-corrected chi connectivity index (χ2v) is 4.32. The first-order valence-corrected chi connectivity index (χ1v) is 6.01. The second-order valence-electron chi connectivity index (χ2n) is 4.32. The summed E-state index contributed by atoms with van der Waals surface area (Å²) in [6, 6.07) is 6.29. The number of pyridine rings is 2. The van der Waals surface area contributed by atoms with Gasteiger partial charge in [-0.1, -0.05) is 0 Å². The highest BCUT2D eigenvalue weighted by molar-refractivity contribution is 6.04. The van der Waals surface area contributed by atoms with Crippen molar-refractivity contribution in [1.82, 2.24) is 14.4 Å². The maximum Gasteiger partial charge on any atom is 0.274 e. The number of anilines is 1. The number of nitrogens with one attached hydrogen (secondary N) is 1. The van der Waals surface area contributed by atoms with E-state index < -0.39 is 5.82 Å². The molecule has 0 aliphatic heterocycles. The molecular formula is C14H11FN4O. The Hall–Kier alpha value is -2.76. The van der Waals surface area contributed by atoms with Crippen LogP contribution in [0.4, 0.5) is 10.1 Å². The Kier molecular flexibility index (Phi) is 2.90. The van der Waals surface area contributed by atoms with E-state index in [1.165, 1.54) is 28.9 Å². The quantitative estimate of drug-likeness (QED) is 0.778. The molecule has 0 saturated carbocycles. The number of carbonyl (C=O) groups is 1. The summed E-state index contributed by atoms with van der Waals surface area (Å²) in [5.74, 6) is -0.779. The molecule has 1 N–H and O–H groups in total. The van der Waals surface area contributed by atoms with Gasteiger partial charge in [0.05, 0.1) is 17.6 Å². The van der Waals surface area contributed by atoms with Gasteiger partial charge in [0, 0.05) is 12.4 Å². The SMILES string of the molecule is Cc1nc2ccc(F)cn2c1C(=O)Nc1cccnc1. The van der Waals surface area contributed by atoms with Gasteiger partial charge in [0.15, 0.2) is 0 Å². The molecular weight excluding hydrogens is 259 g/mol. The highest BCUT2D eigenvalue weighted by atomic mass is 19.1. The summed E-state index contributed by atoms with van der Waals surface area (Å²) < 4.78 is 14.8. The summed E-state index contributed by atoms with van der Waals surface area (Å²) in [6.45, 7) is 1.71. The lowest BCUT2D eigenvalue weighted by molar-refractivity contribution is 0.102. The van der Waals surface area contributed by atoms with E-state index in [1.807, 2.05) is 0 Å². The number of fused-ring (bicyclic) bond motifs is 1. The van der Waals surface area contributed by atoms with Gasteiger partial charge in [0.25, 0.3) is 5.91 Å². The molecule has 0 atom stereocenters. The van der Waals surface area contributed by atoms with Crippen molar-refractivity contribution in [2.75, 3.05) is 5.32 Å². The van der Waals surface area contributed by atoms with Crippen molar-refractivity contribution in [3.8, 4) is 0 Å². The van der Waals surface area contributed by atoms with Crippen LogP contribution in [-0.2, 0) is 0 Å². The van der Waals surface area contributed by atoms with Crippen LogP contribution in [0.25, 0.3) is 5.65 Å². The van der Waals surface area contributed by atoms with Crippen molar-refractivity contribution in [2.24, 2.45) is 0 Å². The van der Waals surface area contributed by atoms with Crippen molar-refractivity contribution in [1.29, 1.82) is 0 Å². The van der Waals surface area contributed by atoms with E-state index in [2.05, 4.69) is 15.3 Å². The van der Waals surface area contributed by atoms with Gasteiger partial charge in [-0.3, -0.25) is 14.2 Å². The van der Waals surface area contributed by atoms with Gasteiger partial charge < -0.3 is 5.32 Å². The third-order valence-electron chi connectivity index (χ3n) is 2.89. The lowest BCUT2D eigenvalue weighted by atomic mass is 10.3. The predicted octanol–water partition coefficient (Wildman–Crippen LogP) is 2.43. The number of hydrogen-bond donors (Lipinski definition) is 1. The predicted molar refractivity (Wildman–Crippen MR) is 72.1 cm³/mol. The Morgan fingerprint density at radius 1 is 1.35 bits per heavy atom. The first-order valence-electron chi connectivity index (χ1n) is 6.01. The highest BCUT2D eigenvalue weighted by Gasteiger charge is 2.17. The van der Waals surface area contributed by atoms with Crippen LogP contribution in [-0.4, -0.2) is 20.3 Å². The van der Waals surface area contributed by atoms with Crippen molar-refractivity contribution in [3.05, 3.63) is 60.1 Å². The molecule has 0 fully saturated rings. The molecule has 20 heavy (non-hydrogen) atoms. The van der Waals surface area contributed by atoms with E-state index in [4.69, 9.17) is 0 Å². The fraction of sp³-hybridized carbons (Fsp3) is 0.0714. The van der Waals surface area contributed by atoms with Crippen molar-refractivity contribution < 1.29 is 9.18 Å². The number of carbonyl (C=O) groups excluding carboxylic acids is 1. The maximum absolute atomic E-state index is 13.3. The largest absolute Gasteiger partial charge is 0.319 e. The fourth-order valence-corrected chi connectivity index (χ4v) is 2.04. The molecule has 5 nitrogen and oxygen atoms in total. The third kappa shape index (κ3) is 2.11. The number of imidazole rings is 1. The zero-order chi connectivity index (χ0) is 14.1. The maximum atomic E-state index is 13.3. The number of aromatic nitrogens is 3. The highest BCUT2D eigenvalue weighted by Crippen LogP contribution is 2.15. The Morgan fingerprint density at radius 2 is 2.20 bits per heavy atom. The Bertz CT molecular complexity index is 782. The first-order chi connectivity index (χ1) is 9.65. The molecule has 6 heteroatoms. The molecule has 0 aliphatic carbocycles. The van der Waals surface area contributed by atoms with Crippen LogP contribution in [0.2, 0.25) is 0 Å². The van der Waals surface area contributed by atoms with Gasteiger partial charge in [-0.15, -0.1) is 0 Å². The molecule has 3 rings (SSSR count). The average molecular weight is 270 g/mol. The third-order valence-corrected chi connectivity index (χ3v) is 2.89. The van der Waals surface area contributed by atoms with Crippen LogP contribution in [0.1, 0.15) is 16.2 Å². The monoisotopic (exact) mass is 270 g/mol. The van der Waals surface area contributed by atoms with Crippen LogP contribution in [0.5, 0.6) is 0 Å². The molecule has 3 heterocycles. The zero-order valence-corrected chi connectivity index (χ0v) is 10.7. The van der Waals surface area contributed by atoms with E-state index in [1.54, 1.807) is 25.3 Å². The molecule has 3 aromatic rings. The Balaban J connectivity index is 2.03. The van der Waals surface area contributed by atoms with Gasteiger partial charge in [0.1, 0.15) is 17.2 Å². The van der Waals surface area contributed by atoms with Gasteiger partial charge in [-0.05, 0) is 31.2 Å². The van der Waals surface area contributed by atoms with E-state index >= 15 is 0 Å². The van der Waals surface area contributed by atoms with Crippen LogP contribution in [0.3, 0.4) is 0 Å². The van der Waals surface area contributed by atoms with Crippen LogP contribution in [0.15, 0.2) is 42.9 Å². The summed E-state index contributed by atoms with van der Waals surface area (Å²) in [5, 5.41) is 2.71. The van der Waals surface area contributed by atoms with Crippen LogP contribution >= 0.6 is 0 Å². The van der Waals surface area contributed by atoms with Crippen molar-refractivity contribution in [3.63, 3.8) is 0 Å². The molecule has 0 aromatic carbocycles. The smallest absolute Gasteiger partial charge is 0.274 e. The standard InChI is InChI=1S/C14H11FN4O/c1-9-13(14(20)18-11-3-2-6-16-7-11)19-8-10(15)4-5-12(19)17-9/h2-8H,1H3,(H,18,20). The number of halogens is 1. The molecule has 0 unspecified atom stereocenters. The van der Waals surface area contributed by atoms with Crippen LogP contribution < -0.4 is 5.32 Å². The van der Waals surface area contributed by atoms with E-state index in [0.717, 1.165) is 0 Å². The second kappa shape index (κ2) is 4.73. The molecule has 3 aromatic heterocycles. The summed E-state index contributed by atoms with van der Waals surface area (Å²) >= 11 is 0. The topological polar surface area (TPSA) is 59.3 Å². The molecule has 1 amide bonds. The minimum absolute atomic E-state index is 0.309. The minimum Gasteiger partial charge on any atom is -0.319 e. The van der Waals surface area contributed by atoms with E-state index in [9.17, 15) is 9.18 Å². The van der Waals surface area contributed by atoms with Crippen molar-refractivity contribution in [2.45, 2.75) is 6.92 Å². The van der Waals surface area contributed by atoms with E-state index in [0.29, 0.717) is 22.7 Å². The molecule has 0 radical (unpaired) electrons. The molecule has 0 bridgehead atoms. The number of amides is 1. The Labute approximate surface area is 114 Å². The number of nitrogens with zero attached hydrogens (tertiary/aromatic N) is 3. The normalized spacial score (nSPS) is 10.7. The molecule has 0 saturated heterocycles. The van der Waals surface area contributed by atoms with Crippen molar-refractivity contribution >= 4 is 17.2 Å².